The van der Waals surface area contributed by atoms with Gasteiger partial charge in [-0.15, -0.1) is 0 Å². The first kappa shape index (κ1) is 19.1. The average Bonchev–Trinajstić information content (AvgIpc) is 2.60. The van der Waals surface area contributed by atoms with E-state index in [1.54, 1.807) is 0 Å². The number of rotatable bonds is 5. The molecule has 0 radical (unpaired) electrons. The van der Waals surface area contributed by atoms with Gasteiger partial charge in [0.25, 0.3) is 0 Å². The Morgan fingerprint density at radius 1 is 1.16 bits per heavy atom. The quantitative estimate of drug-likeness (QED) is 0.777. The van der Waals surface area contributed by atoms with Crippen LogP contribution in [0.2, 0.25) is 0 Å². The predicted molar refractivity (Wildman–Crippen MR) is 95.0 cm³/mol. The van der Waals surface area contributed by atoms with E-state index in [2.05, 4.69) is 0 Å². The molecule has 0 aromatic carbocycles. The highest BCUT2D eigenvalue weighted by Gasteiger charge is 2.64. The Labute approximate surface area is 151 Å². The molecule has 4 atom stereocenters. The molecule has 1 amide bonds. The third-order valence-electron chi connectivity index (χ3n) is 7.30. The molecule has 4 unspecified atom stereocenters. The van der Waals surface area contributed by atoms with Gasteiger partial charge in [0.05, 0.1) is 18.3 Å². The van der Waals surface area contributed by atoms with E-state index in [1.807, 2.05) is 32.6 Å². The number of nitrogens with zero attached hydrogens (tertiary/aromatic N) is 1. The maximum absolute atomic E-state index is 13.1. The molecule has 0 aromatic heterocycles. The molecule has 0 aromatic rings. The van der Waals surface area contributed by atoms with Crippen molar-refractivity contribution in [2.45, 2.75) is 77.2 Å². The van der Waals surface area contributed by atoms with Crippen molar-refractivity contribution in [3.05, 3.63) is 0 Å². The van der Waals surface area contributed by atoms with Crippen LogP contribution in [0.4, 0.5) is 0 Å². The second-order valence-electron chi connectivity index (χ2n) is 8.56. The van der Waals surface area contributed by atoms with Crippen molar-refractivity contribution in [2.75, 3.05) is 26.3 Å². The van der Waals surface area contributed by atoms with Crippen LogP contribution in [0, 0.1) is 10.8 Å². The number of carbonyl (C=O) groups excluding carboxylic acids is 1. The highest BCUT2D eigenvalue weighted by molar-refractivity contribution is 5.89. The summed E-state index contributed by atoms with van der Waals surface area (Å²) in [6.45, 7) is 10.6. The standard InChI is InChI=1S/C19H34N2O4/c1-5-24-14-11-13(22)18(14)7-9-21(10-8-18)16(23)19(20)12-15(25-6-2)17(19,3)4/h13-15,22H,5-12,20H2,1-4H3. The van der Waals surface area contributed by atoms with Crippen LogP contribution in [0.1, 0.15) is 53.4 Å². The molecular formula is C19H34N2O4. The van der Waals surface area contributed by atoms with E-state index in [1.165, 1.54) is 0 Å². The Morgan fingerprint density at radius 2 is 1.72 bits per heavy atom. The van der Waals surface area contributed by atoms with Crippen molar-refractivity contribution in [3.8, 4) is 0 Å². The Balaban J connectivity index is 1.63. The fourth-order valence-corrected chi connectivity index (χ4v) is 5.02. The lowest BCUT2D eigenvalue weighted by atomic mass is 9.53. The molecule has 3 N–H and O–H groups in total. The summed E-state index contributed by atoms with van der Waals surface area (Å²) in [5.74, 6) is 0.0325. The molecule has 1 saturated heterocycles. The molecule has 6 heteroatoms. The highest BCUT2D eigenvalue weighted by atomic mass is 16.5. The summed E-state index contributed by atoms with van der Waals surface area (Å²) in [5.41, 5.74) is 5.16. The molecule has 3 fully saturated rings. The van der Waals surface area contributed by atoms with E-state index in [0.717, 1.165) is 12.8 Å². The third kappa shape index (κ3) is 2.64. The largest absolute Gasteiger partial charge is 0.392 e. The molecule has 1 spiro atoms. The molecule has 0 bridgehead atoms. The third-order valence-corrected chi connectivity index (χ3v) is 7.30. The second kappa shape index (κ2) is 6.48. The predicted octanol–water partition coefficient (Wildman–Crippen LogP) is 1.30. The van der Waals surface area contributed by atoms with Crippen LogP contribution < -0.4 is 5.73 Å². The molecule has 144 valence electrons. The maximum Gasteiger partial charge on any atom is 0.243 e. The summed E-state index contributed by atoms with van der Waals surface area (Å²) in [7, 11) is 0. The summed E-state index contributed by atoms with van der Waals surface area (Å²) in [4.78, 5) is 15.0. The zero-order chi connectivity index (χ0) is 18.5. The zero-order valence-electron chi connectivity index (χ0n) is 16.1. The van der Waals surface area contributed by atoms with Crippen molar-refractivity contribution in [2.24, 2.45) is 16.6 Å². The Bertz CT molecular complexity index is 514. The number of aliphatic hydroxyl groups excluding tert-OH is 1. The van der Waals surface area contributed by atoms with Gasteiger partial charge in [0.2, 0.25) is 5.91 Å². The normalized spacial score (nSPS) is 39.0. The Kier molecular flexibility index (Phi) is 4.95. The number of likely N-dealkylation sites (tertiary alicyclic amines) is 1. The van der Waals surface area contributed by atoms with Crippen LogP contribution in [0.25, 0.3) is 0 Å². The number of carbonyl (C=O) groups is 1. The molecule has 3 aliphatic rings. The smallest absolute Gasteiger partial charge is 0.243 e. The minimum Gasteiger partial charge on any atom is -0.392 e. The first-order chi connectivity index (χ1) is 11.7. The van der Waals surface area contributed by atoms with Gasteiger partial charge < -0.3 is 25.2 Å². The van der Waals surface area contributed by atoms with Crippen molar-refractivity contribution < 1.29 is 19.4 Å². The van der Waals surface area contributed by atoms with Gasteiger partial charge in [-0.2, -0.15) is 0 Å². The number of amides is 1. The number of piperidine rings is 1. The average molecular weight is 354 g/mol. The lowest BCUT2D eigenvalue weighted by Gasteiger charge is -2.60. The number of hydrogen-bond donors (Lipinski definition) is 2. The van der Waals surface area contributed by atoms with Crippen LogP contribution in [-0.4, -0.2) is 66.1 Å². The van der Waals surface area contributed by atoms with E-state index in [-0.39, 0.29) is 35.0 Å². The first-order valence-corrected chi connectivity index (χ1v) is 9.72. The summed E-state index contributed by atoms with van der Waals surface area (Å²) < 4.78 is 11.5. The molecular weight excluding hydrogens is 320 g/mol. The SMILES string of the molecule is CCOC1CC(O)C12CCN(C(=O)C1(N)CC(OCC)C1(C)C)CC2. The molecule has 6 nitrogen and oxygen atoms in total. The van der Waals surface area contributed by atoms with Crippen LogP contribution in [0.15, 0.2) is 0 Å². The van der Waals surface area contributed by atoms with Gasteiger partial charge in [-0.25, -0.2) is 0 Å². The summed E-state index contributed by atoms with van der Waals surface area (Å²) >= 11 is 0. The lowest BCUT2D eigenvalue weighted by molar-refractivity contribution is -0.214. The minimum atomic E-state index is -0.852. The second-order valence-corrected chi connectivity index (χ2v) is 8.56. The Morgan fingerprint density at radius 3 is 2.20 bits per heavy atom. The highest BCUT2D eigenvalue weighted by Crippen LogP contribution is 2.53. The molecule has 2 saturated carbocycles. The van der Waals surface area contributed by atoms with E-state index in [9.17, 15) is 9.90 Å². The van der Waals surface area contributed by atoms with Crippen molar-refractivity contribution in [1.29, 1.82) is 0 Å². The van der Waals surface area contributed by atoms with Gasteiger partial charge in [-0.3, -0.25) is 4.79 Å². The van der Waals surface area contributed by atoms with E-state index in [4.69, 9.17) is 15.2 Å². The van der Waals surface area contributed by atoms with E-state index in [0.29, 0.717) is 39.1 Å². The van der Waals surface area contributed by atoms with Crippen LogP contribution in [-0.2, 0) is 14.3 Å². The lowest BCUT2D eigenvalue weighted by Crippen LogP contribution is -2.76. The summed E-state index contributed by atoms with van der Waals surface area (Å²) in [5, 5.41) is 10.3. The minimum absolute atomic E-state index is 0.0325. The molecule has 25 heavy (non-hydrogen) atoms. The molecule has 1 aliphatic heterocycles. The zero-order valence-corrected chi connectivity index (χ0v) is 16.1. The van der Waals surface area contributed by atoms with Crippen molar-refractivity contribution in [3.63, 3.8) is 0 Å². The summed E-state index contributed by atoms with van der Waals surface area (Å²) in [6.07, 6.45) is 2.73. The topological polar surface area (TPSA) is 85.0 Å². The maximum atomic E-state index is 13.1. The van der Waals surface area contributed by atoms with Gasteiger partial charge in [0, 0.05) is 50.0 Å². The van der Waals surface area contributed by atoms with Crippen LogP contribution in [0.5, 0.6) is 0 Å². The van der Waals surface area contributed by atoms with E-state index >= 15 is 0 Å². The monoisotopic (exact) mass is 354 g/mol. The van der Waals surface area contributed by atoms with Crippen LogP contribution >= 0.6 is 0 Å². The summed E-state index contributed by atoms with van der Waals surface area (Å²) in [6, 6.07) is 0. The molecule has 2 aliphatic carbocycles. The molecule has 3 rings (SSSR count). The fourth-order valence-electron chi connectivity index (χ4n) is 5.02. The first-order valence-electron chi connectivity index (χ1n) is 9.72. The number of ether oxygens (including phenoxy) is 2. The number of nitrogens with two attached hydrogens (primary N) is 1. The van der Waals surface area contributed by atoms with Gasteiger partial charge in [-0.1, -0.05) is 13.8 Å². The van der Waals surface area contributed by atoms with E-state index < -0.39 is 5.54 Å². The fraction of sp³-hybridized carbons (Fsp3) is 0.947. The van der Waals surface area contributed by atoms with Crippen molar-refractivity contribution >= 4 is 5.91 Å². The van der Waals surface area contributed by atoms with Gasteiger partial charge in [0.1, 0.15) is 5.54 Å². The van der Waals surface area contributed by atoms with Gasteiger partial charge in [-0.05, 0) is 26.7 Å². The molecule has 1 heterocycles. The number of hydrogen-bond acceptors (Lipinski definition) is 5. The Hall–Kier alpha value is -0.690. The van der Waals surface area contributed by atoms with Crippen LogP contribution in [0.3, 0.4) is 0 Å². The number of aliphatic hydroxyl groups is 1. The van der Waals surface area contributed by atoms with Crippen molar-refractivity contribution in [1.82, 2.24) is 4.90 Å². The van der Waals surface area contributed by atoms with Gasteiger partial charge >= 0.3 is 0 Å². The van der Waals surface area contributed by atoms with Gasteiger partial charge in [0.15, 0.2) is 0 Å².